The van der Waals surface area contributed by atoms with E-state index in [9.17, 15) is 0 Å². The molecule has 0 saturated heterocycles. The van der Waals surface area contributed by atoms with Crippen molar-refractivity contribution in [3.63, 3.8) is 0 Å². The van der Waals surface area contributed by atoms with Gasteiger partial charge in [-0.05, 0) is 19.4 Å². The van der Waals surface area contributed by atoms with Gasteiger partial charge in [0.2, 0.25) is 0 Å². The lowest BCUT2D eigenvalue weighted by molar-refractivity contribution is 0.479. The topological polar surface area (TPSA) is 27.6 Å². The van der Waals surface area contributed by atoms with E-state index in [-0.39, 0.29) is 24.0 Å². The molecular formula is C13H22IN3. The molecule has 1 aromatic carbocycles. The molecule has 0 bridgehead atoms. The molecule has 1 rings (SSSR count). The van der Waals surface area contributed by atoms with E-state index in [2.05, 4.69) is 53.3 Å². The summed E-state index contributed by atoms with van der Waals surface area (Å²) in [5.41, 5.74) is 2.59. The van der Waals surface area contributed by atoms with Crippen LogP contribution < -0.4 is 5.32 Å². The highest BCUT2D eigenvalue weighted by Gasteiger charge is 2.04. The van der Waals surface area contributed by atoms with Gasteiger partial charge in [-0.1, -0.05) is 29.8 Å². The number of benzene rings is 1. The summed E-state index contributed by atoms with van der Waals surface area (Å²) in [5, 5.41) is 3.24. The SMILES string of the molecule is CCNC(=NC)N(C)Cc1ccc(C)cc1.I. The summed E-state index contributed by atoms with van der Waals surface area (Å²) in [4.78, 5) is 6.34. The van der Waals surface area contributed by atoms with Gasteiger partial charge in [-0.15, -0.1) is 24.0 Å². The molecule has 0 heterocycles. The molecule has 3 nitrogen and oxygen atoms in total. The third-order valence-corrected chi connectivity index (χ3v) is 2.45. The summed E-state index contributed by atoms with van der Waals surface area (Å²) in [6.07, 6.45) is 0. The van der Waals surface area contributed by atoms with Crippen molar-refractivity contribution in [2.45, 2.75) is 20.4 Å². The fourth-order valence-electron chi connectivity index (χ4n) is 1.59. The third kappa shape index (κ3) is 5.39. The fourth-order valence-corrected chi connectivity index (χ4v) is 1.59. The molecule has 96 valence electrons. The molecule has 0 radical (unpaired) electrons. The Balaban J connectivity index is 0.00000256. The number of hydrogen-bond acceptors (Lipinski definition) is 1. The lowest BCUT2D eigenvalue weighted by Crippen LogP contribution is -2.38. The minimum atomic E-state index is 0. The highest BCUT2D eigenvalue weighted by atomic mass is 127. The molecule has 1 aromatic rings. The number of guanidine groups is 1. The van der Waals surface area contributed by atoms with Crippen LogP contribution in [0.5, 0.6) is 0 Å². The Morgan fingerprint density at radius 3 is 2.35 bits per heavy atom. The maximum absolute atomic E-state index is 4.22. The van der Waals surface area contributed by atoms with Gasteiger partial charge in [-0.2, -0.15) is 0 Å². The quantitative estimate of drug-likeness (QED) is 0.517. The van der Waals surface area contributed by atoms with Crippen LogP contribution in [0.2, 0.25) is 0 Å². The number of rotatable bonds is 3. The first-order chi connectivity index (χ1) is 7.67. The summed E-state index contributed by atoms with van der Waals surface area (Å²) in [7, 11) is 3.86. The number of halogens is 1. The number of hydrogen-bond donors (Lipinski definition) is 1. The van der Waals surface area contributed by atoms with Crippen LogP contribution in [-0.4, -0.2) is 31.5 Å². The Labute approximate surface area is 121 Å². The summed E-state index contributed by atoms with van der Waals surface area (Å²) < 4.78 is 0. The maximum atomic E-state index is 4.22. The van der Waals surface area contributed by atoms with E-state index >= 15 is 0 Å². The Morgan fingerprint density at radius 1 is 1.29 bits per heavy atom. The first-order valence-corrected chi connectivity index (χ1v) is 5.64. The van der Waals surface area contributed by atoms with Crippen molar-refractivity contribution in [3.05, 3.63) is 35.4 Å². The molecule has 0 atom stereocenters. The van der Waals surface area contributed by atoms with Crippen LogP contribution in [0, 0.1) is 6.92 Å². The van der Waals surface area contributed by atoms with Crippen molar-refractivity contribution in [1.29, 1.82) is 0 Å². The average Bonchev–Trinajstić information content (AvgIpc) is 2.29. The van der Waals surface area contributed by atoms with Crippen molar-refractivity contribution in [1.82, 2.24) is 10.2 Å². The summed E-state index contributed by atoms with van der Waals surface area (Å²) in [5.74, 6) is 0.933. The van der Waals surface area contributed by atoms with Crippen LogP contribution in [-0.2, 0) is 6.54 Å². The first kappa shape index (κ1) is 16.2. The van der Waals surface area contributed by atoms with E-state index in [0.717, 1.165) is 19.0 Å². The van der Waals surface area contributed by atoms with Gasteiger partial charge < -0.3 is 10.2 Å². The van der Waals surface area contributed by atoms with Crippen molar-refractivity contribution >= 4 is 29.9 Å². The molecule has 0 spiro atoms. The largest absolute Gasteiger partial charge is 0.357 e. The Bertz CT molecular complexity index is 346. The second-order valence-corrected chi connectivity index (χ2v) is 3.92. The molecule has 0 fully saturated rings. The predicted molar refractivity (Wildman–Crippen MR) is 85.1 cm³/mol. The summed E-state index contributed by atoms with van der Waals surface area (Å²) in [6.45, 7) is 5.95. The molecule has 4 heteroatoms. The molecule has 0 aliphatic carbocycles. The van der Waals surface area contributed by atoms with Crippen LogP contribution in [0.4, 0.5) is 0 Å². The highest BCUT2D eigenvalue weighted by molar-refractivity contribution is 14.0. The zero-order valence-corrected chi connectivity index (χ0v) is 13.4. The van der Waals surface area contributed by atoms with E-state index in [1.807, 2.05) is 14.1 Å². The van der Waals surface area contributed by atoms with Crippen LogP contribution in [0.25, 0.3) is 0 Å². The van der Waals surface area contributed by atoms with E-state index in [1.165, 1.54) is 11.1 Å². The maximum Gasteiger partial charge on any atom is 0.193 e. The standard InChI is InChI=1S/C13H21N3.HI/c1-5-15-13(14-3)16(4)10-12-8-6-11(2)7-9-12;/h6-9H,5,10H2,1-4H3,(H,14,15);1H. The molecule has 0 amide bonds. The van der Waals surface area contributed by atoms with Gasteiger partial charge in [-0.25, -0.2) is 0 Å². The molecule has 0 aromatic heterocycles. The fraction of sp³-hybridized carbons (Fsp3) is 0.462. The van der Waals surface area contributed by atoms with Crippen LogP contribution >= 0.6 is 24.0 Å². The number of aliphatic imine (C=N–C) groups is 1. The highest BCUT2D eigenvalue weighted by Crippen LogP contribution is 2.05. The normalized spacial score (nSPS) is 10.7. The van der Waals surface area contributed by atoms with Gasteiger partial charge in [0, 0.05) is 27.2 Å². The number of aryl methyl sites for hydroxylation is 1. The smallest absolute Gasteiger partial charge is 0.193 e. The van der Waals surface area contributed by atoms with Crippen LogP contribution in [0.3, 0.4) is 0 Å². The average molecular weight is 347 g/mol. The van der Waals surface area contributed by atoms with Crippen molar-refractivity contribution in [2.24, 2.45) is 4.99 Å². The Morgan fingerprint density at radius 2 is 1.88 bits per heavy atom. The van der Waals surface area contributed by atoms with Crippen molar-refractivity contribution in [3.8, 4) is 0 Å². The summed E-state index contributed by atoms with van der Waals surface area (Å²) in [6, 6.07) is 8.59. The van der Waals surface area contributed by atoms with Crippen molar-refractivity contribution < 1.29 is 0 Å². The molecule has 17 heavy (non-hydrogen) atoms. The van der Waals surface area contributed by atoms with Gasteiger partial charge in [-0.3, -0.25) is 4.99 Å². The second kappa shape index (κ2) is 8.33. The van der Waals surface area contributed by atoms with E-state index in [1.54, 1.807) is 0 Å². The second-order valence-electron chi connectivity index (χ2n) is 3.92. The monoisotopic (exact) mass is 347 g/mol. The van der Waals surface area contributed by atoms with Crippen molar-refractivity contribution in [2.75, 3.05) is 20.6 Å². The molecular weight excluding hydrogens is 325 g/mol. The van der Waals surface area contributed by atoms with E-state index in [4.69, 9.17) is 0 Å². The van der Waals surface area contributed by atoms with E-state index in [0.29, 0.717) is 0 Å². The molecule has 0 unspecified atom stereocenters. The molecule has 1 N–H and O–H groups in total. The zero-order chi connectivity index (χ0) is 12.0. The first-order valence-electron chi connectivity index (χ1n) is 5.64. The molecule has 0 aliphatic rings. The lowest BCUT2D eigenvalue weighted by Gasteiger charge is -2.21. The Hall–Kier alpha value is -0.780. The summed E-state index contributed by atoms with van der Waals surface area (Å²) >= 11 is 0. The van der Waals surface area contributed by atoms with Gasteiger partial charge in [0.25, 0.3) is 0 Å². The minimum absolute atomic E-state index is 0. The van der Waals surface area contributed by atoms with Gasteiger partial charge in [0.05, 0.1) is 0 Å². The Kier molecular flexibility index (Phi) is 7.95. The number of nitrogens with one attached hydrogen (secondary N) is 1. The van der Waals surface area contributed by atoms with Crippen LogP contribution in [0.1, 0.15) is 18.1 Å². The zero-order valence-electron chi connectivity index (χ0n) is 11.0. The van der Waals surface area contributed by atoms with Crippen LogP contribution in [0.15, 0.2) is 29.3 Å². The molecule has 0 saturated carbocycles. The third-order valence-electron chi connectivity index (χ3n) is 2.45. The van der Waals surface area contributed by atoms with E-state index < -0.39 is 0 Å². The van der Waals surface area contributed by atoms with Gasteiger partial charge >= 0.3 is 0 Å². The predicted octanol–water partition coefficient (Wildman–Crippen LogP) is 2.64. The number of nitrogens with zero attached hydrogens (tertiary/aromatic N) is 2. The lowest BCUT2D eigenvalue weighted by atomic mass is 10.1. The minimum Gasteiger partial charge on any atom is -0.357 e. The molecule has 0 aliphatic heterocycles. The van der Waals surface area contributed by atoms with Gasteiger partial charge in [0.15, 0.2) is 5.96 Å². The van der Waals surface area contributed by atoms with Gasteiger partial charge in [0.1, 0.15) is 0 Å².